The van der Waals surface area contributed by atoms with Gasteiger partial charge in [0.1, 0.15) is 0 Å². The molecular weight excluding hydrogens is 280 g/mol. The summed E-state index contributed by atoms with van der Waals surface area (Å²) >= 11 is 0. The van der Waals surface area contributed by atoms with Crippen molar-refractivity contribution in [2.75, 3.05) is 32.7 Å². The maximum Gasteiger partial charge on any atom is 0.317 e. The van der Waals surface area contributed by atoms with E-state index in [1.807, 2.05) is 9.80 Å². The number of rotatable bonds is 3. The molecule has 114 valence electrons. The predicted molar refractivity (Wildman–Crippen MR) is 78.0 cm³/mol. The number of hydrogen-bond acceptors (Lipinski definition) is 3. The fraction of sp³-hybridized carbons (Fsp3) is 0.846. The second-order valence-electron chi connectivity index (χ2n) is 5.70. The van der Waals surface area contributed by atoms with Gasteiger partial charge >= 0.3 is 6.03 Å². The van der Waals surface area contributed by atoms with E-state index < -0.39 is 0 Å². The van der Waals surface area contributed by atoms with E-state index in [4.69, 9.17) is 0 Å². The Morgan fingerprint density at radius 1 is 1.35 bits per heavy atom. The number of urea groups is 1. The molecule has 0 radical (unpaired) electrons. The summed E-state index contributed by atoms with van der Waals surface area (Å²) in [4.78, 5) is 27.5. The molecule has 20 heavy (non-hydrogen) atoms. The molecule has 3 rings (SSSR count). The van der Waals surface area contributed by atoms with E-state index >= 15 is 0 Å². The topological polar surface area (TPSA) is 64.7 Å². The van der Waals surface area contributed by atoms with Crippen LogP contribution in [-0.2, 0) is 4.79 Å². The molecule has 7 heteroatoms. The number of piperazine rings is 1. The molecule has 0 aromatic carbocycles. The standard InChI is InChI=1S/C13H22N4O2.ClH/c18-12(4-3-10-2-1-5-14-10)16-6-7-17-11(9-16)8-15-13(17)19;/h10-11,14H,1-9H2,(H,15,19);1H. The number of carbonyl (C=O) groups excluding carboxylic acids is 2. The molecule has 2 atom stereocenters. The number of nitrogens with zero attached hydrogens (tertiary/aromatic N) is 2. The molecule has 3 aliphatic rings. The molecule has 6 nitrogen and oxygen atoms in total. The molecule has 0 aromatic rings. The van der Waals surface area contributed by atoms with Crippen molar-refractivity contribution < 1.29 is 9.59 Å². The highest BCUT2D eigenvalue weighted by atomic mass is 35.5. The summed E-state index contributed by atoms with van der Waals surface area (Å²) in [7, 11) is 0. The SMILES string of the molecule is Cl.O=C(CCC1CCCN1)N1CCN2C(=O)NCC2C1. The lowest BCUT2D eigenvalue weighted by molar-refractivity contribution is -0.133. The summed E-state index contributed by atoms with van der Waals surface area (Å²) in [6.45, 7) is 3.81. The van der Waals surface area contributed by atoms with Crippen LogP contribution >= 0.6 is 12.4 Å². The van der Waals surface area contributed by atoms with E-state index in [9.17, 15) is 9.59 Å². The van der Waals surface area contributed by atoms with Gasteiger partial charge < -0.3 is 20.4 Å². The van der Waals surface area contributed by atoms with Crippen molar-refractivity contribution in [1.82, 2.24) is 20.4 Å². The third-order valence-corrected chi connectivity index (χ3v) is 4.45. The van der Waals surface area contributed by atoms with Gasteiger partial charge in [-0.3, -0.25) is 4.79 Å². The Morgan fingerprint density at radius 2 is 2.20 bits per heavy atom. The third kappa shape index (κ3) is 3.17. The molecule has 0 spiro atoms. The molecule has 0 bridgehead atoms. The van der Waals surface area contributed by atoms with Crippen LogP contribution in [0.5, 0.6) is 0 Å². The minimum absolute atomic E-state index is 0. The normalized spacial score (nSPS) is 28.9. The number of fused-ring (bicyclic) bond motifs is 1. The molecule has 3 aliphatic heterocycles. The lowest BCUT2D eigenvalue weighted by atomic mass is 10.1. The Morgan fingerprint density at radius 3 is 2.95 bits per heavy atom. The molecule has 0 aliphatic carbocycles. The Kier molecular flexibility index (Phi) is 5.10. The Labute approximate surface area is 125 Å². The summed E-state index contributed by atoms with van der Waals surface area (Å²) in [6.07, 6.45) is 4.00. The van der Waals surface area contributed by atoms with E-state index in [1.165, 1.54) is 12.8 Å². The smallest absolute Gasteiger partial charge is 0.317 e. The van der Waals surface area contributed by atoms with Crippen LogP contribution in [0.4, 0.5) is 4.79 Å². The number of nitrogens with one attached hydrogen (secondary N) is 2. The quantitative estimate of drug-likeness (QED) is 0.781. The van der Waals surface area contributed by atoms with Gasteiger partial charge in [-0.05, 0) is 25.8 Å². The zero-order chi connectivity index (χ0) is 13.2. The van der Waals surface area contributed by atoms with Crippen LogP contribution in [-0.4, -0.2) is 66.5 Å². The Bertz CT molecular complexity index is 373. The van der Waals surface area contributed by atoms with Crippen LogP contribution < -0.4 is 10.6 Å². The first kappa shape index (κ1) is 15.4. The minimum atomic E-state index is 0. The van der Waals surface area contributed by atoms with Crippen molar-refractivity contribution in [3.8, 4) is 0 Å². The van der Waals surface area contributed by atoms with Crippen LogP contribution in [0.2, 0.25) is 0 Å². The van der Waals surface area contributed by atoms with Crippen LogP contribution in [0.1, 0.15) is 25.7 Å². The van der Waals surface area contributed by atoms with E-state index in [2.05, 4.69) is 10.6 Å². The fourth-order valence-corrected chi connectivity index (χ4v) is 3.29. The maximum absolute atomic E-state index is 12.2. The van der Waals surface area contributed by atoms with Crippen molar-refractivity contribution in [3.05, 3.63) is 0 Å². The van der Waals surface area contributed by atoms with E-state index in [0.29, 0.717) is 38.6 Å². The highest BCUT2D eigenvalue weighted by Crippen LogP contribution is 2.17. The minimum Gasteiger partial charge on any atom is -0.339 e. The van der Waals surface area contributed by atoms with Crippen LogP contribution in [0.25, 0.3) is 0 Å². The van der Waals surface area contributed by atoms with Gasteiger partial charge in [0.25, 0.3) is 0 Å². The highest BCUT2D eigenvalue weighted by molar-refractivity contribution is 5.85. The third-order valence-electron chi connectivity index (χ3n) is 4.45. The molecule has 2 N–H and O–H groups in total. The van der Waals surface area contributed by atoms with Gasteiger partial charge in [-0.25, -0.2) is 4.79 Å². The Balaban J connectivity index is 0.00000147. The first-order valence-electron chi connectivity index (χ1n) is 7.29. The van der Waals surface area contributed by atoms with Crippen LogP contribution in [0, 0.1) is 0 Å². The van der Waals surface area contributed by atoms with Gasteiger partial charge in [0.2, 0.25) is 5.91 Å². The van der Waals surface area contributed by atoms with Crippen LogP contribution in [0.15, 0.2) is 0 Å². The highest BCUT2D eigenvalue weighted by Gasteiger charge is 2.36. The average Bonchev–Trinajstić information content (AvgIpc) is 3.06. The number of carbonyl (C=O) groups is 2. The largest absolute Gasteiger partial charge is 0.339 e. The molecule has 3 saturated heterocycles. The molecular formula is C13H23ClN4O2. The predicted octanol–water partition coefficient (Wildman–Crippen LogP) is 0.176. The molecule has 2 unspecified atom stereocenters. The van der Waals surface area contributed by atoms with Gasteiger partial charge in [0.15, 0.2) is 0 Å². The molecule has 3 heterocycles. The number of amides is 3. The van der Waals surface area contributed by atoms with Gasteiger partial charge in [-0.1, -0.05) is 0 Å². The zero-order valence-electron chi connectivity index (χ0n) is 11.6. The van der Waals surface area contributed by atoms with Crippen molar-refractivity contribution in [2.24, 2.45) is 0 Å². The average molecular weight is 303 g/mol. The van der Waals surface area contributed by atoms with Crippen molar-refractivity contribution >= 4 is 24.3 Å². The summed E-state index contributed by atoms with van der Waals surface area (Å²) in [6, 6.07) is 0.724. The first-order chi connectivity index (χ1) is 9.24. The molecule has 3 amide bonds. The molecule has 0 saturated carbocycles. The van der Waals surface area contributed by atoms with Crippen molar-refractivity contribution in [1.29, 1.82) is 0 Å². The van der Waals surface area contributed by atoms with Crippen molar-refractivity contribution in [2.45, 2.75) is 37.8 Å². The number of halogens is 1. The number of hydrogen-bond donors (Lipinski definition) is 2. The second-order valence-corrected chi connectivity index (χ2v) is 5.70. The molecule has 3 fully saturated rings. The van der Waals surface area contributed by atoms with Gasteiger partial charge in [-0.15, -0.1) is 12.4 Å². The lowest BCUT2D eigenvalue weighted by Crippen LogP contribution is -2.53. The van der Waals surface area contributed by atoms with Gasteiger partial charge in [-0.2, -0.15) is 0 Å². The van der Waals surface area contributed by atoms with Crippen molar-refractivity contribution in [3.63, 3.8) is 0 Å². The maximum atomic E-state index is 12.2. The van der Waals surface area contributed by atoms with E-state index in [1.54, 1.807) is 0 Å². The van der Waals surface area contributed by atoms with E-state index in [-0.39, 0.29) is 30.4 Å². The second kappa shape index (κ2) is 6.63. The summed E-state index contributed by atoms with van der Waals surface area (Å²) in [5.41, 5.74) is 0. The van der Waals surface area contributed by atoms with Gasteiger partial charge in [0.05, 0.1) is 6.04 Å². The summed E-state index contributed by atoms with van der Waals surface area (Å²) in [5, 5.41) is 6.26. The summed E-state index contributed by atoms with van der Waals surface area (Å²) < 4.78 is 0. The fourth-order valence-electron chi connectivity index (χ4n) is 3.29. The first-order valence-corrected chi connectivity index (χ1v) is 7.29. The van der Waals surface area contributed by atoms with Crippen LogP contribution in [0.3, 0.4) is 0 Å². The van der Waals surface area contributed by atoms with Gasteiger partial charge in [0, 0.05) is 38.6 Å². The molecule has 0 aromatic heterocycles. The summed E-state index contributed by atoms with van der Waals surface area (Å²) in [5.74, 6) is 0.243. The lowest BCUT2D eigenvalue weighted by Gasteiger charge is -2.36. The monoisotopic (exact) mass is 302 g/mol. The zero-order valence-corrected chi connectivity index (χ0v) is 12.5. The Hall–Kier alpha value is -1.01. The van der Waals surface area contributed by atoms with E-state index in [0.717, 1.165) is 13.0 Å².